The van der Waals surface area contributed by atoms with Crippen LogP contribution in [-0.4, -0.2) is 21.3 Å². The lowest BCUT2D eigenvalue weighted by Gasteiger charge is -2.03. The Kier molecular flexibility index (Phi) is 3.55. The summed E-state index contributed by atoms with van der Waals surface area (Å²) >= 11 is 0.603. The number of halogens is 3. The first kappa shape index (κ1) is 12.9. The molecule has 0 spiro atoms. The molecule has 0 amide bonds. The third-order valence-corrected chi connectivity index (χ3v) is 3.16. The van der Waals surface area contributed by atoms with E-state index in [1.54, 1.807) is 10.9 Å². The molecule has 98 valence electrons. The van der Waals surface area contributed by atoms with Crippen LogP contribution in [0.4, 0.5) is 18.3 Å². The Morgan fingerprint density at radius 1 is 1.39 bits per heavy atom. The van der Waals surface area contributed by atoms with E-state index < -0.39 is 11.1 Å². The number of anilines is 1. The lowest BCUT2D eigenvalue weighted by atomic mass is 10.4. The largest absolute Gasteiger partial charge is 0.427 e. The van der Waals surface area contributed by atoms with Crippen LogP contribution in [0.2, 0.25) is 0 Å². The molecular weight excluding hydrogens is 265 g/mol. The van der Waals surface area contributed by atoms with Crippen LogP contribution in [0.3, 0.4) is 0 Å². The highest BCUT2D eigenvalue weighted by Crippen LogP contribution is 2.34. The van der Waals surface area contributed by atoms with Crippen LogP contribution in [-0.2, 0) is 12.7 Å². The normalized spacial score (nSPS) is 11.8. The molecular formula is C10H11F3N4S. The van der Waals surface area contributed by atoms with E-state index in [2.05, 4.69) is 15.4 Å². The molecule has 0 unspecified atom stereocenters. The van der Waals surface area contributed by atoms with Crippen LogP contribution in [0.25, 0.3) is 0 Å². The van der Waals surface area contributed by atoms with Crippen LogP contribution in [0.1, 0.15) is 10.4 Å². The summed E-state index contributed by atoms with van der Waals surface area (Å²) in [6.07, 6.45) is 0.109. The Bertz CT molecular complexity index is 517. The van der Waals surface area contributed by atoms with Crippen molar-refractivity contribution in [3.63, 3.8) is 0 Å². The van der Waals surface area contributed by atoms with Gasteiger partial charge in [0.15, 0.2) is 5.13 Å². The summed E-state index contributed by atoms with van der Waals surface area (Å²) in [4.78, 5) is 2.98. The number of aryl methyl sites for hydroxylation is 1. The standard InChI is InChI=1S/C10H11F3N4S/c1-7-4-16-17(6-7)3-2-14-9-15-5-8(18-9)10(11,12)13/h4-6H,2-3H2,1H3,(H,14,15). The molecule has 0 saturated heterocycles. The molecule has 2 heterocycles. The van der Waals surface area contributed by atoms with Gasteiger partial charge in [-0.15, -0.1) is 0 Å². The fraction of sp³-hybridized carbons (Fsp3) is 0.400. The summed E-state index contributed by atoms with van der Waals surface area (Å²) < 4.78 is 38.7. The van der Waals surface area contributed by atoms with Crippen LogP contribution in [0.15, 0.2) is 18.6 Å². The van der Waals surface area contributed by atoms with Gasteiger partial charge in [-0.3, -0.25) is 4.68 Å². The van der Waals surface area contributed by atoms with E-state index in [-0.39, 0.29) is 5.13 Å². The molecule has 0 saturated carbocycles. The van der Waals surface area contributed by atoms with Crippen molar-refractivity contribution in [2.75, 3.05) is 11.9 Å². The summed E-state index contributed by atoms with van der Waals surface area (Å²) in [6, 6.07) is 0. The van der Waals surface area contributed by atoms with Crippen molar-refractivity contribution in [3.05, 3.63) is 29.0 Å². The quantitative estimate of drug-likeness (QED) is 0.933. The van der Waals surface area contributed by atoms with Crippen LogP contribution in [0, 0.1) is 6.92 Å². The van der Waals surface area contributed by atoms with Gasteiger partial charge >= 0.3 is 6.18 Å². The average Bonchev–Trinajstić information content (AvgIpc) is 2.87. The van der Waals surface area contributed by atoms with E-state index >= 15 is 0 Å². The minimum absolute atomic E-state index is 0.270. The highest BCUT2D eigenvalue weighted by atomic mass is 32.1. The fourth-order valence-electron chi connectivity index (χ4n) is 1.35. The number of aromatic nitrogens is 3. The summed E-state index contributed by atoms with van der Waals surface area (Å²) in [7, 11) is 0. The molecule has 2 rings (SSSR count). The number of hydrogen-bond donors (Lipinski definition) is 1. The summed E-state index contributed by atoms with van der Waals surface area (Å²) in [5.41, 5.74) is 1.05. The second-order valence-corrected chi connectivity index (χ2v) is 4.77. The Morgan fingerprint density at radius 2 is 2.17 bits per heavy atom. The molecule has 8 heteroatoms. The zero-order chi connectivity index (χ0) is 13.2. The van der Waals surface area contributed by atoms with Crippen molar-refractivity contribution < 1.29 is 13.2 Å². The van der Waals surface area contributed by atoms with Gasteiger partial charge in [0.05, 0.1) is 18.9 Å². The fourth-order valence-corrected chi connectivity index (χ4v) is 2.06. The SMILES string of the molecule is Cc1cnn(CCNc2ncc(C(F)(F)F)s2)c1. The number of nitrogens with one attached hydrogen (secondary N) is 1. The smallest absolute Gasteiger partial charge is 0.360 e. The zero-order valence-electron chi connectivity index (χ0n) is 9.53. The maximum absolute atomic E-state index is 12.3. The number of thiazole rings is 1. The lowest BCUT2D eigenvalue weighted by molar-refractivity contribution is -0.134. The third kappa shape index (κ3) is 3.22. The molecule has 0 aromatic carbocycles. The van der Waals surface area contributed by atoms with E-state index in [0.29, 0.717) is 24.4 Å². The minimum atomic E-state index is -4.32. The second-order valence-electron chi connectivity index (χ2n) is 3.73. The van der Waals surface area contributed by atoms with Gasteiger partial charge in [-0.1, -0.05) is 11.3 Å². The molecule has 1 N–H and O–H groups in total. The molecule has 0 fully saturated rings. The van der Waals surface area contributed by atoms with Crippen molar-refractivity contribution in [1.82, 2.24) is 14.8 Å². The highest BCUT2D eigenvalue weighted by Gasteiger charge is 2.33. The van der Waals surface area contributed by atoms with Crippen molar-refractivity contribution in [1.29, 1.82) is 0 Å². The summed E-state index contributed by atoms with van der Waals surface area (Å²) in [5.74, 6) is 0. The molecule has 18 heavy (non-hydrogen) atoms. The summed E-state index contributed by atoms with van der Waals surface area (Å²) in [6.45, 7) is 2.98. The maximum Gasteiger partial charge on any atom is 0.427 e. The van der Waals surface area contributed by atoms with Gasteiger partial charge in [0.2, 0.25) is 0 Å². The van der Waals surface area contributed by atoms with Gasteiger partial charge in [0, 0.05) is 12.7 Å². The van der Waals surface area contributed by atoms with Gasteiger partial charge in [0.1, 0.15) is 4.88 Å². The molecule has 0 radical (unpaired) electrons. The van der Waals surface area contributed by atoms with Gasteiger partial charge in [0.25, 0.3) is 0 Å². The Labute approximate surface area is 105 Å². The van der Waals surface area contributed by atoms with Crippen LogP contribution >= 0.6 is 11.3 Å². The molecule has 2 aromatic heterocycles. The third-order valence-electron chi connectivity index (χ3n) is 2.16. The van der Waals surface area contributed by atoms with Crippen molar-refractivity contribution in [3.8, 4) is 0 Å². The van der Waals surface area contributed by atoms with Crippen LogP contribution in [0.5, 0.6) is 0 Å². The molecule has 0 aliphatic carbocycles. The minimum Gasteiger partial charge on any atom is -0.360 e. The lowest BCUT2D eigenvalue weighted by Crippen LogP contribution is -2.10. The van der Waals surface area contributed by atoms with Gasteiger partial charge in [-0.25, -0.2) is 4.98 Å². The Hall–Kier alpha value is -1.57. The molecule has 0 aliphatic rings. The first-order valence-corrected chi connectivity index (χ1v) is 6.03. The average molecular weight is 276 g/mol. The van der Waals surface area contributed by atoms with Gasteiger partial charge in [-0.2, -0.15) is 18.3 Å². The molecule has 0 aliphatic heterocycles. The van der Waals surface area contributed by atoms with Crippen molar-refractivity contribution >= 4 is 16.5 Å². The van der Waals surface area contributed by atoms with Crippen molar-refractivity contribution in [2.24, 2.45) is 0 Å². The first-order valence-electron chi connectivity index (χ1n) is 5.21. The molecule has 2 aromatic rings. The highest BCUT2D eigenvalue weighted by molar-refractivity contribution is 7.15. The van der Waals surface area contributed by atoms with Crippen LogP contribution < -0.4 is 5.32 Å². The summed E-state index contributed by atoms with van der Waals surface area (Å²) in [5, 5.41) is 7.18. The zero-order valence-corrected chi connectivity index (χ0v) is 10.3. The number of rotatable bonds is 4. The van der Waals surface area contributed by atoms with E-state index in [1.807, 2.05) is 13.1 Å². The van der Waals surface area contributed by atoms with E-state index in [0.717, 1.165) is 11.8 Å². The molecule has 0 atom stereocenters. The van der Waals surface area contributed by atoms with E-state index in [9.17, 15) is 13.2 Å². The van der Waals surface area contributed by atoms with E-state index in [4.69, 9.17) is 0 Å². The van der Waals surface area contributed by atoms with Gasteiger partial charge < -0.3 is 5.32 Å². The van der Waals surface area contributed by atoms with Gasteiger partial charge in [-0.05, 0) is 12.5 Å². The predicted octanol–water partition coefficient (Wildman–Crippen LogP) is 2.78. The first-order chi connectivity index (χ1) is 8.45. The van der Waals surface area contributed by atoms with E-state index in [1.165, 1.54) is 0 Å². The number of nitrogens with zero attached hydrogens (tertiary/aromatic N) is 3. The Morgan fingerprint density at radius 3 is 2.72 bits per heavy atom. The molecule has 4 nitrogen and oxygen atoms in total. The monoisotopic (exact) mass is 276 g/mol. The second kappa shape index (κ2) is 4.97. The maximum atomic E-state index is 12.3. The topological polar surface area (TPSA) is 42.7 Å². The Balaban J connectivity index is 1.85. The molecule has 0 bridgehead atoms. The predicted molar refractivity (Wildman–Crippen MR) is 62.6 cm³/mol. The number of hydrogen-bond acceptors (Lipinski definition) is 4. The number of alkyl halides is 3. The van der Waals surface area contributed by atoms with Crippen molar-refractivity contribution in [2.45, 2.75) is 19.6 Å².